The van der Waals surface area contributed by atoms with E-state index in [4.69, 9.17) is 0 Å². The molecule has 0 bridgehead atoms. The summed E-state index contributed by atoms with van der Waals surface area (Å²) in [4.78, 5) is 25.1. The van der Waals surface area contributed by atoms with E-state index in [-0.39, 0.29) is 16.5 Å². The Balaban J connectivity index is 1.56. The summed E-state index contributed by atoms with van der Waals surface area (Å²) in [6, 6.07) is 10.5. The number of aryl methyl sites for hydroxylation is 1. The van der Waals surface area contributed by atoms with E-state index in [2.05, 4.69) is 22.1 Å². The summed E-state index contributed by atoms with van der Waals surface area (Å²) < 4.78 is 29.3. The van der Waals surface area contributed by atoms with Crippen LogP contribution in [0.15, 0.2) is 66.2 Å². The fourth-order valence-electron chi connectivity index (χ4n) is 2.93. The minimum atomic E-state index is -1.17. The van der Waals surface area contributed by atoms with Gasteiger partial charge < -0.3 is 5.32 Å². The van der Waals surface area contributed by atoms with Gasteiger partial charge in [-0.15, -0.1) is 0 Å². The molecule has 30 heavy (non-hydrogen) atoms. The standard InChI is InChI=1S/C21H15F2N5O2/c1-12(28-21(30)16-10-18(23)17(22)9-14(16)11-24-28)20(29)25-15-5-3-13(4-6-15)19-7-8-27(2)26-19/h3-11H,1H2,2H3,(H,25,29). The van der Waals surface area contributed by atoms with Crippen LogP contribution in [0.1, 0.15) is 0 Å². The predicted molar refractivity (Wildman–Crippen MR) is 109 cm³/mol. The van der Waals surface area contributed by atoms with Crippen molar-refractivity contribution in [3.63, 3.8) is 0 Å². The Morgan fingerprint density at radius 2 is 1.80 bits per heavy atom. The molecule has 0 spiro atoms. The first kappa shape index (κ1) is 19.2. The molecule has 0 atom stereocenters. The Kier molecular flexibility index (Phi) is 4.71. The molecule has 0 saturated heterocycles. The number of nitrogens with zero attached hydrogens (tertiary/aromatic N) is 4. The predicted octanol–water partition coefficient (Wildman–Crippen LogP) is 3.18. The molecule has 0 fully saturated rings. The largest absolute Gasteiger partial charge is 0.321 e. The Bertz CT molecular complexity index is 1360. The van der Waals surface area contributed by atoms with Gasteiger partial charge in [0.25, 0.3) is 11.5 Å². The smallest absolute Gasteiger partial charge is 0.279 e. The van der Waals surface area contributed by atoms with Crippen LogP contribution in [0, 0.1) is 11.6 Å². The molecule has 0 aliphatic heterocycles. The molecule has 2 heterocycles. The zero-order chi connectivity index (χ0) is 21.4. The summed E-state index contributed by atoms with van der Waals surface area (Å²) in [5, 5.41) is 10.8. The van der Waals surface area contributed by atoms with Crippen LogP contribution >= 0.6 is 0 Å². The molecule has 2 aromatic heterocycles. The molecule has 150 valence electrons. The van der Waals surface area contributed by atoms with Crippen LogP contribution < -0.4 is 10.9 Å². The van der Waals surface area contributed by atoms with Crippen molar-refractivity contribution in [2.45, 2.75) is 0 Å². The van der Waals surface area contributed by atoms with Gasteiger partial charge in [0.15, 0.2) is 11.6 Å². The molecule has 1 amide bonds. The van der Waals surface area contributed by atoms with Crippen LogP contribution in [0.3, 0.4) is 0 Å². The maximum absolute atomic E-state index is 13.5. The summed E-state index contributed by atoms with van der Waals surface area (Å²) >= 11 is 0. The molecule has 1 N–H and O–H groups in total. The highest BCUT2D eigenvalue weighted by atomic mass is 19.2. The van der Waals surface area contributed by atoms with E-state index in [1.54, 1.807) is 28.9 Å². The molecule has 0 aliphatic carbocycles. The second-order valence-electron chi connectivity index (χ2n) is 6.57. The number of carbonyl (C=O) groups excluding carboxylic acids is 1. The number of benzene rings is 2. The van der Waals surface area contributed by atoms with Crippen LogP contribution in [0.25, 0.3) is 27.7 Å². The first-order chi connectivity index (χ1) is 14.3. The Hall–Kier alpha value is -4.14. The molecule has 0 radical (unpaired) electrons. The van der Waals surface area contributed by atoms with Gasteiger partial charge in [-0.1, -0.05) is 18.7 Å². The second-order valence-corrected chi connectivity index (χ2v) is 6.57. The number of rotatable bonds is 4. The van der Waals surface area contributed by atoms with Crippen molar-refractivity contribution in [3.05, 3.63) is 83.4 Å². The van der Waals surface area contributed by atoms with Crippen molar-refractivity contribution in [2.24, 2.45) is 7.05 Å². The Morgan fingerprint density at radius 3 is 2.47 bits per heavy atom. The SMILES string of the molecule is C=C(C(=O)Nc1ccc(-c2ccn(C)n2)cc1)n1ncc2cc(F)c(F)cc2c1=O. The summed E-state index contributed by atoms with van der Waals surface area (Å²) in [7, 11) is 1.82. The van der Waals surface area contributed by atoms with E-state index in [0.717, 1.165) is 28.1 Å². The summed E-state index contributed by atoms with van der Waals surface area (Å²) in [6.07, 6.45) is 2.99. The van der Waals surface area contributed by atoms with Crippen LogP contribution in [-0.2, 0) is 11.8 Å². The zero-order valence-electron chi connectivity index (χ0n) is 15.8. The van der Waals surface area contributed by atoms with Gasteiger partial charge in [-0.2, -0.15) is 14.9 Å². The number of fused-ring (bicyclic) bond motifs is 1. The normalized spacial score (nSPS) is 10.9. The number of halogens is 2. The number of carbonyl (C=O) groups is 1. The van der Waals surface area contributed by atoms with Crippen molar-refractivity contribution < 1.29 is 13.6 Å². The fourth-order valence-corrected chi connectivity index (χ4v) is 2.93. The lowest BCUT2D eigenvalue weighted by Gasteiger charge is -2.10. The van der Waals surface area contributed by atoms with Crippen molar-refractivity contribution in [1.82, 2.24) is 19.6 Å². The average Bonchev–Trinajstić information content (AvgIpc) is 3.16. The topological polar surface area (TPSA) is 81.8 Å². The minimum absolute atomic E-state index is 0.113. The Labute approximate surface area is 168 Å². The number of nitrogens with one attached hydrogen (secondary N) is 1. The molecule has 0 aliphatic rings. The number of aromatic nitrogens is 4. The molecule has 4 aromatic rings. The molecule has 7 nitrogen and oxygen atoms in total. The maximum atomic E-state index is 13.5. The first-order valence-electron chi connectivity index (χ1n) is 8.81. The van der Waals surface area contributed by atoms with Crippen molar-refractivity contribution >= 4 is 28.1 Å². The van der Waals surface area contributed by atoms with Gasteiger partial charge in [0.2, 0.25) is 0 Å². The lowest BCUT2D eigenvalue weighted by Crippen LogP contribution is -2.28. The molecular weight excluding hydrogens is 392 g/mol. The van der Waals surface area contributed by atoms with Crippen LogP contribution in [-0.4, -0.2) is 25.5 Å². The molecule has 0 saturated carbocycles. The van der Waals surface area contributed by atoms with E-state index in [1.165, 1.54) is 6.20 Å². The lowest BCUT2D eigenvalue weighted by atomic mass is 10.1. The van der Waals surface area contributed by atoms with Crippen LogP contribution in [0.2, 0.25) is 0 Å². The van der Waals surface area contributed by atoms with Crippen molar-refractivity contribution in [2.75, 3.05) is 5.32 Å². The zero-order valence-corrected chi connectivity index (χ0v) is 15.8. The van der Waals surface area contributed by atoms with Crippen LogP contribution in [0.5, 0.6) is 0 Å². The first-order valence-corrected chi connectivity index (χ1v) is 8.81. The van der Waals surface area contributed by atoms with Gasteiger partial charge in [-0.05, 0) is 30.3 Å². The van der Waals surface area contributed by atoms with Crippen LogP contribution in [0.4, 0.5) is 14.5 Å². The molecule has 9 heteroatoms. The van der Waals surface area contributed by atoms with Gasteiger partial charge in [-0.3, -0.25) is 14.3 Å². The number of hydrogen-bond donors (Lipinski definition) is 1. The van der Waals surface area contributed by atoms with E-state index in [0.29, 0.717) is 5.69 Å². The second kappa shape index (κ2) is 7.36. The van der Waals surface area contributed by atoms with Gasteiger partial charge in [-0.25, -0.2) is 8.78 Å². The summed E-state index contributed by atoms with van der Waals surface area (Å²) in [5.41, 5.74) is 1.09. The van der Waals surface area contributed by atoms with Gasteiger partial charge >= 0.3 is 0 Å². The Morgan fingerprint density at radius 1 is 1.10 bits per heavy atom. The third kappa shape index (κ3) is 3.48. The molecular formula is C21H15F2N5O2. The highest BCUT2D eigenvalue weighted by molar-refractivity contribution is 6.19. The quantitative estimate of drug-likeness (QED) is 0.527. The van der Waals surface area contributed by atoms with E-state index < -0.39 is 23.1 Å². The molecule has 4 rings (SSSR count). The third-order valence-corrected chi connectivity index (χ3v) is 4.50. The van der Waals surface area contributed by atoms with E-state index in [1.807, 2.05) is 19.3 Å². The monoisotopic (exact) mass is 407 g/mol. The minimum Gasteiger partial charge on any atom is -0.321 e. The summed E-state index contributed by atoms with van der Waals surface area (Å²) in [6.45, 7) is 3.60. The van der Waals surface area contributed by atoms with E-state index in [9.17, 15) is 18.4 Å². The molecule has 2 aromatic carbocycles. The number of amides is 1. The van der Waals surface area contributed by atoms with Crippen molar-refractivity contribution in [3.8, 4) is 11.3 Å². The number of hydrogen-bond acceptors (Lipinski definition) is 4. The number of anilines is 1. The summed E-state index contributed by atoms with van der Waals surface area (Å²) in [5.74, 6) is -2.93. The van der Waals surface area contributed by atoms with Gasteiger partial charge in [0.1, 0.15) is 5.70 Å². The van der Waals surface area contributed by atoms with E-state index >= 15 is 0 Å². The lowest BCUT2D eigenvalue weighted by molar-refractivity contribution is -0.111. The van der Waals surface area contributed by atoms with Gasteiger partial charge in [0, 0.05) is 29.9 Å². The maximum Gasteiger partial charge on any atom is 0.279 e. The third-order valence-electron chi connectivity index (χ3n) is 4.50. The fraction of sp³-hybridized carbons (Fsp3) is 0.0476. The molecule has 0 unspecified atom stereocenters. The van der Waals surface area contributed by atoms with Gasteiger partial charge in [0.05, 0.1) is 17.3 Å². The highest BCUT2D eigenvalue weighted by Crippen LogP contribution is 2.20. The highest BCUT2D eigenvalue weighted by Gasteiger charge is 2.16. The average molecular weight is 407 g/mol. The van der Waals surface area contributed by atoms with Crippen molar-refractivity contribution in [1.29, 1.82) is 0 Å².